The minimum Gasteiger partial charge on any atom is -0.403 e. The molecule has 84 valence electrons. The zero-order valence-corrected chi connectivity index (χ0v) is 10.1. The van der Waals surface area contributed by atoms with Gasteiger partial charge in [-0.25, -0.2) is 9.78 Å². The number of fused-ring (bicyclic) bond motifs is 1. The van der Waals surface area contributed by atoms with Gasteiger partial charge < -0.3 is 4.42 Å². The average Bonchev–Trinajstić information content (AvgIpc) is 2.81. The summed E-state index contributed by atoms with van der Waals surface area (Å²) in [6.45, 7) is 0. The Hall–Kier alpha value is -1.65. The zero-order valence-electron chi connectivity index (χ0n) is 8.51. The summed E-state index contributed by atoms with van der Waals surface area (Å²) in [4.78, 5) is 16.1. The van der Waals surface area contributed by atoms with E-state index in [2.05, 4.69) is 4.98 Å². The maximum Gasteiger partial charge on any atom is 0.347 e. The molecule has 1 aromatic carbocycles. The molecule has 0 N–H and O–H groups in total. The van der Waals surface area contributed by atoms with E-state index in [1.165, 1.54) is 11.3 Å². The second-order valence-electron chi connectivity index (χ2n) is 3.48. The Morgan fingerprint density at radius 1 is 1.29 bits per heavy atom. The quantitative estimate of drug-likeness (QED) is 0.674. The number of nitrogens with zero attached hydrogens (tertiary/aromatic N) is 1. The highest BCUT2D eigenvalue weighted by Gasteiger charge is 2.08. The van der Waals surface area contributed by atoms with Gasteiger partial charge in [0.1, 0.15) is 0 Å². The molecule has 0 amide bonds. The van der Waals surface area contributed by atoms with Crippen LogP contribution in [0.4, 0.5) is 0 Å². The van der Waals surface area contributed by atoms with Crippen LogP contribution in [0, 0.1) is 0 Å². The number of aromatic nitrogens is 1. The minimum absolute atomic E-state index is 0.325. The van der Waals surface area contributed by atoms with Crippen molar-refractivity contribution >= 4 is 33.8 Å². The molecule has 0 aliphatic heterocycles. The summed E-state index contributed by atoms with van der Waals surface area (Å²) < 4.78 is 5.17. The third-order valence-electron chi connectivity index (χ3n) is 2.36. The van der Waals surface area contributed by atoms with E-state index >= 15 is 0 Å². The minimum atomic E-state index is -0.395. The molecule has 3 rings (SSSR count). The maximum atomic E-state index is 11.8. The first-order valence-electron chi connectivity index (χ1n) is 4.87. The first-order chi connectivity index (χ1) is 8.24. The Bertz CT molecular complexity index is 734. The number of hydrogen-bond donors (Lipinski definition) is 0. The second-order valence-corrected chi connectivity index (χ2v) is 4.70. The molecule has 2 aromatic heterocycles. The molecule has 0 spiro atoms. The fourth-order valence-electron chi connectivity index (χ4n) is 1.55. The lowest BCUT2D eigenvalue weighted by Crippen LogP contribution is -2.02. The van der Waals surface area contributed by atoms with E-state index in [4.69, 9.17) is 16.0 Å². The van der Waals surface area contributed by atoms with Gasteiger partial charge in [-0.15, -0.1) is 0 Å². The fourth-order valence-corrected chi connectivity index (χ4v) is 2.35. The van der Waals surface area contributed by atoms with Gasteiger partial charge in [0.05, 0.1) is 10.9 Å². The Kier molecular flexibility index (Phi) is 2.46. The molecular weight excluding hydrogens is 258 g/mol. The predicted molar refractivity (Wildman–Crippen MR) is 68.6 cm³/mol. The highest BCUT2D eigenvalue weighted by molar-refractivity contribution is 7.08. The molecule has 0 radical (unpaired) electrons. The van der Waals surface area contributed by atoms with Crippen molar-refractivity contribution in [2.24, 2.45) is 0 Å². The number of benzene rings is 1. The molecule has 0 fully saturated rings. The summed E-state index contributed by atoms with van der Waals surface area (Å²) in [6.07, 6.45) is 0. The van der Waals surface area contributed by atoms with Crippen molar-refractivity contribution in [2.45, 2.75) is 0 Å². The Labute approximate surface area is 105 Å². The number of rotatable bonds is 1. The summed E-state index contributed by atoms with van der Waals surface area (Å²) in [6, 6.07) is 6.77. The first-order valence-corrected chi connectivity index (χ1v) is 6.19. The zero-order chi connectivity index (χ0) is 11.8. The normalized spacial score (nSPS) is 10.9. The fraction of sp³-hybridized carbons (Fsp3) is 0. The van der Waals surface area contributed by atoms with Gasteiger partial charge in [0.15, 0.2) is 0 Å². The molecular formula is C12H6ClNO2S. The number of hydrogen-bond acceptors (Lipinski definition) is 4. The third kappa shape index (κ3) is 1.85. The van der Waals surface area contributed by atoms with Crippen molar-refractivity contribution < 1.29 is 4.42 Å². The van der Waals surface area contributed by atoms with Crippen LogP contribution in [-0.4, -0.2) is 4.98 Å². The van der Waals surface area contributed by atoms with E-state index in [0.717, 1.165) is 5.56 Å². The Balaban J connectivity index is 2.33. The van der Waals surface area contributed by atoms with Crippen LogP contribution in [0.5, 0.6) is 0 Å². The average molecular weight is 264 g/mol. The smallest absolute Gasteiger partial charge is 0.347 e. The van der Waals surface area contributed by atoms with Crippen LogP contribution in [0.15, 0.2) is 44.2 Å². The van der Waals surface area contributed by atoms with Gasteiger partial charge in [0, 0.05) is 16.0 Å². The van der Waals surface area contributed by atoms with Crippen molar-refractivity contribution in [1.29, 1.82) is 0 Å². The van der Waals surface area contributed by atoms with Gasteiger partial charge in [-0.3, -0.25) is 0 Å². The SMILES string of the molecule is O=c1oc(-c2ccsc2)nc2cc(Cl)ccc12. The lowest BCUT2D eigenvalue weighted by atomic mass is 10.2. The van der Waals surface area contributed by atoms with Gasteiger partial charge in [0.2, 0.25) is 5.89 Å². The molecule has 17 heavy (non-hydrogen) atoms. The topological polar surface area (TPSA) is 43.1 Å². The van der Waals surface area contributed by atoms with Crippen molar-refractivity contribution in [3.8, 4) is 11.5 Å². The van der Waals surface area contributed by atoms with Crippen LogP contribution < -0.4 is 5.63 Å². The molecule has 0 bridgehead atoms. The summed E-state index contributed by atoms with van der Waals surface area (Å²) in [5.74, 6) is 0.325. The van der Waals surface area contributed by atoms with Crippen molar-refractivity contribution in [3.05, 3.63) is 50.5 Å². The first kappa shape index (κ1) is 10.5. The molecule has 3 aromatic rings. The summed E-state index contributed by atoms with van der Waals surface area (Å²) in [5, 5.41) is 4.76. The largest absolute Gasteiger partial charge is 0.403 e. The van der Waals surface area contributed by atoms with E-state index in [9.17, 15) is 4.79 Å². The highest BCUT2D eigenvalue weighted by atomic mass is 35.5. The van der Waals surface area contributed by atoms with Crippen LogP contribution in [0.25, 0.3) is 22.4 Å². The summed E-state index contributed by atoms with van der Waals surface area (Å²) in [5.41, 5.74) is 0.955. The van der Waals surface area contributed by atoms with Crippen molar-refractivity contribution in [1.82, 2.24) is 4.98 Å². The van der Waals surface area contributed by atoms with Crippen LogP contribution in [0.3, 0.4) is 0 Å². The number of halogens is 1. The molecule has 0 saturated heterocycles. The molecule has 0 atom stereocenters. The molecule has 0 aliphatic carbocycles. The van der Waals surface area contributed by atoms with Crippen LogP contribution in [0.1, 0.15) is 0 Å². The van der Waals surface area contributed by atoms with Gasteiger partial charge in [-0.1, -0.05) is 11.6 Å². The molecule has 0 aliphatic rings. The monoisotopic (exact) mass is 263 g/mol. The second kappa shape index (κ2) is 3.98. The van der Waals surface area contributed by atoms with E-state index in [-0.39, 0.29) is 0 Å². The molecule has 0 unspecified atom stereocenters. The number of thiophene rings is 1. The van der Waals surface area contributed by atoms with Crippen molar-refractivity contribution in [2.75, 3.05) is 0 Å². The molecule has 2 heterocycles. The lowest BCUT2D eigenvalue weighted by Gasteiger charge is -1.99. The van der Waals surface area contributed by atoms with E-state index in [0.29, 0.717) is 21.8 Å². The Morgan fingerprint density at radius 3 is 2.94 bits per heavy atom. The van der Waals surface area contributed by atoms with Gasteiger partial charge in [-0.05, 0) is 29.6 Å². The van der Waals surface area contributed by atoms with Gasteiger partial charge in [-0.2, -0.15) is 11.3 Å². The van der Waals surface area contributed by atoms with Crippen LogP contribution in [-0.2, 0) is 0 Å². The summed E-state index contributed by atoms with van der Waals surface area (Å²) >= 11 is 7.40. The molecule has 3 nitrogen and oxygen atoms in total. The van der Waals surface area contributed by atoms with Gasteiger partial charge >= 0.3 is 5.63 Å². The van der Waals surface area contributed by atoms with Crippen LogP contribution >= 0.6 is 22.9 Å². The molecule has 5 heteroatoms. The summed E-state index contributed by atoms with van der Waals surface area (Å²) in [7, 11) is 0. The lowest BCUT2D eigenvalue weighted by molar-refractivity contribution is 0.518. The highest BCUT2D eigenvalue weighted by Crippen LogP contribution is 2.22. The van der Waals surface area contributed by atoms with Crippen molar-refractivity contribution in [3.63, 3.8) is 0 Å². The van der Waals surface area contributed by atoms with Gasteiger partial charge in [0.25, 0.3) is 0 Å². The van der Waals surface area contributed by atoms with E-state index in [1.807, 2.05) is 16.8 Å². The standard InChI is InChI=1S/C12H6ClNO2S/c13-8-1-2-9-10(5-8)14-11(16-12(9)15)7-3-4-17-6-7/h1-6H. The predicted octanol–water partition coefficient (Wildman–Crippen LogP) is 3.57. The van der Waals surface area contributed by atoms with E-state index < -0.39 is 5.63 Å². The van der Waals surface area contributed by atoms with Crippen LogP contribution in [0.2, 0.25) is 5.02 Å². The van der Waals surface area contributed by atoms with E-state index in [1.54, 1.807) is 18.2 Å². The third-order valence-corrected chi connectivity index (χ3v) is 3.28. The Morgan fingerprint density at radius 2 is 2.18 bits per heavy atom. The molecule has 0 saturated carbocycles. The maximum absolute atomic E-state index is 11.8.